The summed E-state index contributed by atoms with van der Waals surface area (Å²) < 4.78 is 23.1. The Morgan fingerprint density at radius 1 is 1.41 bits per heavy atom. The number of likely N-dealkylation sites (N-methyl/N-ethyl adjacent to an activating group) is 1. The number of rotatable bonds is 4. The maximum Gasteiger partial charge on any atom is 0.264 e. The first kappa shape index (κ1) is 23.9. The van der Waals surface area contributed by atoms with Crippen LogP contribution in [-0.4, -0.2) is 62.6 Å². The van der Waals surface area contributed by atoms with Gasteiger partial charge in [-0.2, -0.15) is 0 Å². The van der Waals surface area contributed by atoms with E-state index in [0.29, 0.717) is 6.54 Å². The second-order valence-electron chi connectivity index (χ2n) is 10.0. The normalized spacial score (nSPS) is 32.3. The first-order chi connectivity index (χ1) is 14.9. The van der Waals surface area contributed by atoms with Gasteiger partial charge in [0.2, 0.25) is 14.3 Å². The topological polar surface area (TPSA) is 70.1 Å². The van der Waals surface area contributed by atoms with Crippen LogP contribution >= 0.6 is 15.9 Å². The average molecular weight is 528 g/mol. The lowest BCUT2D eigenvalue weighted by molar-refractivity contribution is -0.149. The Kier molecular flexibility index (Phi) is 6.10. The number of halogens is 2. The maximum absolute atomic E-state index is 15.7. The third-order valence-electron chi connectivity index (χ3n) is 7.56. The van der Waals surface area contributed by atoms with Crippen molar-refractivity contribution in [2.45, 2.75) is 69.5 Å². The quantitative estimate of drug-likeness (QED) is 0.477. The number of aliphatic hydroxyl groups is 1. The molecule has 0 aromatic heterocycles. The number of likely N-dealkylation sites (tertiary alicyclic amines) is 1. The molecule has 4 rings (SSSR count). The summed E-state index contributed by atoms with van der Waals surface area (Å²) in [6, 6.07) is 3.72. The number of nitrogens with zero attached hydrogens (tertiary/aromatic N) is 2. The lowest BCUT2D eigenvalue weighted by Gasteiger charge is -2.31. The number of carbonyl (C=O) groups excluding carboxylic acids is 2. The molecule has 1 spiro atoms. The molecule has 1 aromatic rings. The molecule has 32 heavy (non-hydrogen) atoms. The summed E-state index contributed by atoms with van der Waals surface area (Å²) in [6.07, 6.45) is 0.948. The van der Waals surface area contributed by atoms with E-state index in [0.717, 1.165) is 34.1 Å². The van der Waals surface area contributed by atoms with Crippen LogP contribution in [0.4, 0.5) is 9.80 Å². The number of fused-ring (bicyclic) bond motifs is 2. The summed E-state index contributed by atoms with van der Waals surface area (Å²) >= 11 is 3.59. The standard InChI is InChI=1S/C23H32BrFN2O4Si/c1-13-9-16-20(17(24)10-13)26(3)22(30)23(16)14(2)21(32(4,5)25)18(31-23)11-19(29)27-8-6-7-15(27)12-28/h9-10,14-15,18,21,28H,6-8,11-12H2,1-5H3/t14-,15+,18+,21-,23+/m1/s1. The van der Waals surface area contributed by atoms with Gasteiger partial charge >= 0.3 is 0 Å². The number of hydrogen-bond acceptors (Lipinski definition) is 4. The fourth-order valence-corrected chi connectivity index (χ4v) is 9.56. The van der Waals surface area contributed by atoms with Gasteiger partial charge in [-0.25, -0.2) is 0 Å². The van der Waals surface area contributed by atoms with Crippen molar-refractivity contribution in [2.75, 3.05) is 25.1 Å². The molecular formula is C23H32BrFN2O4Si. The highest BCUT2D eigenvalue weighted by atomic mass is 79.9. The number of carbonyl (C=O) groups is 2. The van der Waals surface area contributed by atoms with Crippen LogP contribution in [-0.2, 0) is 19.9 Å². The van der Waals surface area contributed by atoms with Gasteiger partial charge in [-0.05, 0) is 60.4 Å². The summed E-state index contributed by atoms with van der Waals surface area (Å²) in [7, 11) is -1.59. The van der Waals surface area contributed by atoms with Gasteiger partial charge in [0.05, 0.1) is 30.9 Å². The number of benzene rings is 1. The smallest absolute Gasteiger partial charge is 0.264 e. The van der Waals surface area contributed by atoms with E-state index in [4.69, 9.17) is 4.74 Å². The number of aryl methyl sites for hydroxylation is 1. The second-order valence-corrected chi connectivity index (χ2v) is 14.7. The van der Waals surface area contributed by atoms with Gasteiger partial charge in [-0.15, -0.1) is 0 Å². The monoisotopic (exact) mass is 526 g/mol. The number of hydrogen-bond donors (Lipinski definition) is 1. The van der Waals surface area contributed by atoms with Crippen LogP contribution in [0.5, 0.6) is 0 Å². The molecule has 0 bridgehead atoms. The minimum atomic E-state index is -3.30. The SMILES string of the molecule is Cc1cc(Br)c2c(c1)[C@]1(O[C@@H](CC(=O)N3CCC[C@H]3CO)[C@H]([Si](C)(C)F)[C@H]1C)C(=O)N2C. The van der Waals surface area contributed by atoms with Crippen molar-refractivity contribution < 1.29 is 23.5 Å². The van der Waals surface area contributed by atoms with Gasteiger partial charge in [0.15, 0.2) is 5.60 Å². The van der Waals surface area contributed by atoms with Crippen molar-refractivity contribution in [1.82, 2.24) is 4.90 Å². The first-order valence-corrected chi connectivity index (χ1v) is 15.0. The summed E-state index contributed by atoms with van der Waals surface area (Å²) in [4.78, 5) is 30.1. The molecule has 6 nitrogen and oxygen atoms in total. The molecule has 0 saturated carbocycles. The molecule has 5 atom stereocenters. The summed E-state index contributed by atoms with van der Waals surface area (Å²) in [6.45, 7) is 7.64. The van der Waals surface area contributed by atoms with E-state index in [1.54, 1.807) is 29.9 Å². The zero-order valence-electron chi connectivity index (χ0n) is 19.3. The number of amides is 2. The van der Waals surface area contributed by atoms with Crippen LogP contribution in [0.2, 0.25) is 18.6 Å². The van der Waals surface area contributed by atoms with Gasteiger partial charge in [0.25, 0.3) is 5.91 Å². The molecule has 3 aliphatic heterocycles. The van der Waals surface area contributed by atoms with E-state index in [9.17, 15) is 14.7 Å². The molecule has 3 heterocycles. The number of aliphatic hydroxyl groups excluding tert-OH is 1. The Balaban J connectivity index is 1.75. The molecule has 2 saturated heterocycles. The molecule has 0 unspecified atom stereocenters. The molecule has 0 aliphatic carbocycles. The van der Waals surface area contributed by atoms with Crippen LogP contribution in [0.15, 0.2) is 16.6 Å². The van der Waals surface area contributed by atoms with Gasteiger partial charge in [0.1, 0.15) is 0 Å². The van der Waals surface area contributed by atoms with Crippen LogP contribution in [0, 0.1) is 12.8 Å². The van der Waals surface area contributed by atoms with E-state index < -0.39 is 31.6 Å². The van der Waals surface area contributed by atoms with Crippen molar-refractivity contribution in [3.8, 4) is 0 Å². The largest absolute Gasteiger partial charge is 0.394 e. The van der Waals surface area contributed by atoms with E-state index in [-0.39, 0.29) is 30.9 Å². The Labute approximate surface area is 198 Å². The third-order valence-corrected chi connectivity index (χ3v) is 10.6. The van der Waals surface area contributed by atoms with Crippen LogP contribution in [0.3, 0.4) is 0 Å². The van der Waals surface area contributed by atoms with E-state index in [1.807, 2.05) is 26.0 Å². The zero-order valence-corrected chi connectivity index (χ0v) is 21.9. The Morgan fingerprint density at radius 2 is 2.09 bits per heavy atom. The van der Waals surface area contributed by atoms with Gasteiger partial charge in [0, 0.05) is 35.1 Å². The van der Waals surface area contributed by atoms with Gasteiger partial charge in [-0.3, -0.25) is 9.59 Å². The zero-order chi connectivity index (χ0) is 23.6. The van der Waals surface area contributed by atoms with Crippen LogP contribution in [0.1, 0.15) is 37.3 Å². The Bertz CT molecular complexity index is 955. The molecule has 9 heteroatoms. The van der Waals surface area contributed by atoms with Crippen LogP contribution < -0.4 is 4.90 Å². The van der Waals surface area contributed by atoms with Crippen molar-refractivity contribution in [3.63, 3.8) is 0 Å². The highest BCUT2D eigenvalue weighted by Crippen LogP contribution is 2.61. The molecule has 3 aliphatic rings. The summed E-state index contributed by atoms with van der Waals surface area (Å²) in [5.41, 5.74) is 0.661. The molecule has 176 valence electrons. The predicted octanol–water partition coefficient (Wildman–Crippen LogP) is 3.88. The first-order valence-electron chi connectivity index (χ1n) is 11.3. The van der Waals surface area contributed by atoms with Crippen molar-refractivity contribution in [3.05, 3.63) is 27.7 Å². The molecule has 2 fully saturated rings. The van der Waals surface area contributed by atoms with Crippen molar-refractivity contribution in [2.24, 2.45) is 5.92 Å². The lowest BCUT2D eigenvalue weighted by Crippen LogP contribution is -2.44. The van der Waals surface area contributed by atoms with Crippen molar-refractivity contribution in [1.29, 1.82) is 0 Å². The maximum atomic E-state index is 15.7. The number of anilines is 1. The fourth-order valence-electron chi connectivity index (χ4n) is 6.22. The summed E-state index contributed by atoms with van der Waals surface area (Å²) in [5, 5.41) is 9.63. The molecule has 2 amide bonds. The average Bonchev–Trinajstić information content (AvgIpc) is 3.33. The minimum absolute atomic E-state index is 0.0208. The van der Waals surface area contributed by atoms with Crippen molar-refractivity contribution >= 4 is 41.8 Å². The third kappa shape index (κ3) is 3.47. The second kappa shape index (κ2) is 8.18. The van der Waals surface area contributed by atoms with Crippen LogP contribution in [0.25, 0.3) is 0 Å². The predicted molar refractivity (Wildman–Crippen MR) is 127 cm³/mol. The van der Waals surface area contributed by atoms with Gasteiger partial charge in [-0.1, -0.05) is 13.0 Å². The molecule has 0 radical (unpaired) electrons. The molecular weight excluding hydrogens is 495 g/mol. The minimum Gasteiger partial charge on any atom is -0.394 e. The highest BCUT2D eigenvalue weighted by Gasteiger charge is 2.67. The molecule has 1 N–H and O–H groups in total. The Morgan fingerprint density at radius 3 is 2.72 bits per heavy atom. The number of ether oxygens (including phenoxy) is 1. The van der Waals surface area contributed by atoms with E-state index in [1.165, 1.54) is 0 Å². The highest BCUT2D eigenvalue weighted by molar-refractivity contribution is 9.10. The lowest BCUT2D eigenvalue weighted by atomic mass is 9.82. The van der Waals surface area contributed by atoms with E-state index >= 15 is 4.11 Å². The van der Waals surface area contributed by atoms with E-state index in [2.05, 4.69) is 15.9 Å². The fraction of sp³-hybridized carbons (Fsp3) is 0.652. The molecule has 1 aromatic carbocycles. The Hall–Kier alpha value is -1.29. The van der Waals surface area contributed by atoms with Gasteiger partial charge < -0.3 is 23.8 Å². The summed E-state index contributed by atoms with van der Waals surface area (Å²) in [5.74, 6) is -0.758.